The Morgan fingerprint density at radius 2 is 2.04 bits per heavy atom. The predicted octanol–water partition coefficient (Wildman–Crippen LogP) is 3.67. The van der Waals surface area contributed by atoms with Gasteiger partial charge in [-0.1, -0.05) is 46.6 Å². The van der Waals surface area contributed by atoms with Crippen LogP contribution >= 0.6 is 23.2 Å². The van der Waals surface area contributed by atoms with Gasteiger partial charge in [0.2, 0.25) is 0 Å². The maximum Gasteiger partial charge on any atom is 0.261 e. The Morgan fingerprint density at radius 1 is 1.25 bits per heavy atom. The zero-order chi connectivity index (χ0) is 17.4. The van der Waals surface area contributed by atoms with Crippen LogP contribution in [0.15, 0.2) is 47.6 Å². The maximum absolute atomic E-state index is 11.7. The van der Waals surface area contributed by atoms with E-state index in [-0.39, 0.29) is 19.1 Å². The largest absolute Gasteiger partial charge is 0.496 e. The van der Waals surface area contributed by atoms with Crippen molar-refractivity contribution in [2.24, 2.45) is 5.16 Å². The highest BCUT2D eigenvalue weighted by Crippen LogP contribution is 2.20. The minimum absolute atomic E-state index is 0.198. The van der Waals surface area contributed by atoms with Gasteiger partial charge in [0.1, 0.15) is 5.75 Å². The van der Waals surface area contributed by atoms with Crippen molar-refractivity contribution in [3.05, 3.63) is 63.6 Å². The number of amides is 1. The standard InChI is InChI=1S/C17H16Cl2N2O3/c1-23-16-5-3-2-4-13(16)10-21-24-11-17(22)20-9-12-6-7-14(18)8-15(12)19/h2-8,10H,9,11H2,1H3,(H,20,22)/b21-10-. The molecule has 0 aromatic heterocycles. The van der Waals surface area contributed by atoms with Crippen molar-refractivity contribution in [2.75, 3.05) is 13.7 Å². The van der Waals surface area contributed by atoms with Crippen LogP contribution in [0.25, 0.3) is 0 Å². The lowest BCUT2D eigenvalue weighted by atomic mass is 10.2. The second kappa shape index (κ2) is 9.15. The second-order valence-corrected chi connectivity index (χ2v) is 5.61. The number of nitrogens with one attached hydrogen (secondary N) is 1. The molecule has 0 spiro atoms. The molecular weight excluding hydrogens is 351 g/mol. The first-order chi connectivity index (χ1) is 11.6. The lowest BCUT2D eigenvalue weighted by molar-refractivity contribution is -0.125. The quantitative estimate of drug-likeness (QED) is 0.600. The van der Waals surface area contributed by atoms with E-state index in [2.05, 4.69) is 10.5 Å². The zero-order valence-electron chi connectivity index (χ0n) is 13.0. The molecule has 0 bridgehead atoms. The molecule has 1 amide bonds. The number of methoxy groups -OCH3 is 1. The van der Waals surface area contributed by atoms with E-state index in [0.717, 1.165) is 11.1 Å². The Bertz CT molecular complexity index is 736. The van der Waals surface area contributed by atoms with Crippen molar-refractivity contribution in [3.8, 4) is 5.75 Å². The molecule has 126 valence electrons. The average Bonchev–Trinajstić information content (AvgIpc) is 2.58. The third-order valence-electron chi connectivity index (χ3n) is 3.09. The van der Waals surface area contributed by atoms with E-state index in [9.17, 15) is 4.79 Å². The number of nitrogens with zero attached hydrogens (tertiary/aromatic N) is 1. The van der Waals surface area contributed by atoms with Crippen molar-refractivity contribution < 1.29 is 14.4 Å². The SMILES string of the molecule is COc1ccccc1/C=N\OCC(=O)NCc1ccc(Cl)cc1Cl. The molecule has 0 saturated heterocycles. The van der Waals surface area contributed by atoms with E-state index >= 15 is 0 Å². The Balaban J connectivity index is 1.78. The number of hydrogen-bond acceptors (Lipinski definition) is 4. The molecule has 7 heteroatoms. The van der Waals surface area contributed by atoms with Crippen molar-refractivity contribution in [2.45, 2.75) is 6.54 Å². The number of para-hydroxylation sites is 1. The van der Waals surface area contributed by atoms with Crippen LogP contribution in [-0.4, -0.2) is 25.8 Å². The van der Waals surface area contributed by atoms with Gasteiger partial charge in [-0.05, 0) is 29.8 Å². The minimum atomic E-state index is -0.307. The smallest absolute Gasteiger partial charge is 0.261 e. The van der Waals surface area contributed by atoms with Gasteiger partial charge in [-0.3, -0.25) is 4.79 Å². The van der Waals surface area contributed by atoms with Gasteiger partial charge in [-0.2, -0.15) is 0 Å². The lowest BCUT2D eigenvalue weighted by Crippen LogP contribution is -2.26. The summed E-state index contributed by atoms with van der Waals surface area (Å²) in [7, 11) is 1.57. The summed E-state index contributed by atoms with van der Waals surface area (Å²) in [5.74, 6) is 0.366. The van der Waals surface area contributed by atoms with Gasteiger partial charge >= 0.3 is 0 Å². The Hall–Kier alpha value is -2.24. The van der Waals surface area contributed by atoms with Gasteiger partial charge in [0.15, 0.2) is 6.61 Å². The van der Waals surface area contributed by atoms with Crippen LogP contribution in [0, 0.1) is 0 Å². The Kier molecular flexibility index (Phi) is 6.90. The molecule has 0 radical (unpaired) electrons. The first-order valence-electron chi connectivity index (χ1n) is 7.09. The Labute approximate surface area is 150 Å². The van der Waals surface area contributed by atoms with Crippen LogP contribution in [0.3, 0.4) is 0 Å². The van der Waals surface area contributed by atoms with Gasteiger partial charge in [-0.15, -0.1) is 0 Å². The fourth-order valence-electron chi connectivity index (χ4n) is 1.87. The molecule has 0 fully saturated rings. The van der Waals surface area contributed by atoms with E-state index < -0.39 is 0 Å². The van der Waals surface area contributed by atoms with Gasteiger partial charge in [0.05, 0.1) is 13.3 Å². The highest BCUT2D eigenvalue weighted by atomic mass is 35.5. The zero-order valence-corrected chi connectivity index (χ0v) is 14.5. The van der Waals surface area contributed by atoms with Crippen LogP contribution in [-0.2, 0) is 16.2 Å². The molecule has 0 saturated carbocycles. The van der Waals surface area contributed by atoms with E-state index in [4.69, 9.17) is 32.8 Å². The summed E-state index contributed by atoms with van der Waals surface area (Å²) in [5, 5.41) is 7.50. The summed E-state index contributed by atoms with van der Waals surface area (Å²) in [6.45, 7) is 0.0886. The third kappa shape index (κ3) is 5.44. The molecular formula is C17H16Cl2N2O3. The summed E-state index contributed by atoms with van der Waals surface area (Å²) >= 11 is 11.9. The highest BCUT2D eigenvalue weighted by Gasteiger charge is 2.05. The average molecular weight is 367 g/mol. The van der Waals surface area contributed by atoms with Crippen molar-refractivity contribution in [1.29, 1.82) is 0 Å². The van der Waals surface area contributed by atoms with Crippen LogP contribution in [0.2, 0.25) is 10.0 Å². The van der Waals surface area contributed by atoms with Gasteiger partial charge < -0.3 is 14.9 Å². The van der Waals surface area contributed by atoms with Crippen molar-refractivity contribution in [3.63, 3.8) is 0 Å². The first-order valence-corrected chi connectivity index (χ1v) is 7.84. The fraction of sp³-hybridized carbons (Fsp3) is 0.176. The van der Waals surface area contributed by atoms with E-state index in [1.165, 1.54) is 6.21 Å². The number of halogens is 2. The summed E-state index contributed by atoms with van der Waals surface area (Å²) in [6.07, 6.45) is 1.49. The van der Waals surface area contributed by atoms with Crippen LogP contribution in [0.1, 0.15) is 11.1 Å². The van der Waals surface area contributed by atoms with Crippen LogP contribution in [0.4, 0.5) is 0 Å². The van der Waals surface area contributed by atoms with E-state index in [1.807, 2.05) is 24.3 Å². The molecule has 1 N–H and O–H groups in total. The number of oxime groups is 1. The molecule has 0 unspecified atom stereocenters. The van der Waals surface area contributed by atoms with Gasteiger partial charge in [0, 0.05) is 22.2 Å². The lowest BCUT2D eigenvalue weighted by Gasteiger charge is -2.07. The molecule has 0 heterocycles. The first kappa shape index (κ1) is 18.1. The molecule has 2 rings (SSSR count). The van der Waals surface area contributed by atoms with Crippen LogP contribution < -0.4 is 10.1 Å². The highest BCUT2D eigenvalue weighted by molar-refractivity contribution is 6.35. The molecule has 2 aromatic carbocycles. The summed E-state index contributed by atoms with van der Waals surface area (Å²) in [4.78, 5) is 16.7. The maximum atomic E-state index is 11.7. The van der Waals surface area contributed by atoms with Gasteiger partial charge in [0.25, 0.3) is 5.91 Å². The fourth-order valence-corrected chi connectivity index (χ4v) is 2.35. The molecule has 0 aliphatic rings. The minimum Gasteiger partial charge on any atom is -0.496 e. The number of hydrogen-bond donors (Lipinski definition) is 1. The second-order valence-electron chi connectivity index (χ2n) is 4.76. The molecule has 2 aromatic rings. The number of ether oxygens (including phenoxy) is 1. The Morgan fingerprint density at radius 3 is 2.79 bits per heavy atom. The third-order valence-corrected chi connectivity index (χ3v) is 3.68. The molecule has 0 atom stereocenters. The number of benzene rings is 2. The predicted molar refractivity (Wildman–Crippen MR) is 94.8 cm³/mol. The van der Waals surface area contributed by atoms with E-state index in [1.54, 1.807) is 25.3 Å². The van der Waals surface area contributed by atoms with Gasteiger partial charge in [-0.25, -0.2) is 0 Å². The summed E-state index contributed by atoms with van der Waals surface area (Å²) < 4.78 is 5.18. The summed E-state index contributed by atoms with van der Waals surface area (Å²) in [5.41, 5.74) is 1.53. The molecule has 0 aliphatic heterocycles. The normalized spacial score (nSPS) is 10.6. The number of carbonyl (C=O) groups is 1. The topological polar surface area (TPSA) is 59.9 Å². The van der Waals surface area contributed by atoms with Crippen molar-refractivity contribution in [1.82, 2.24) is 5.32 Å². The summed E-state index contributed by atoms with van der Waals surface area (Å²) in [6, 6.07) is 12.4. The number of rotatable bonds is 7. The van der Waals surface area contributed by atoms with Crippen LogP contribution in [0.5, 0.6) is 5.75 Å². The monoisotopic (exact) mass is 366 g/mol. The molecule has 5 nitrogen and oxygen atoms in total. The van der Waals surface area contributed by atoms with Crippen molar-refractivity contribution >= 4 is 35.3 Å². The van der Waals surface area contributed by atoms with E-state index in [0.29, 0.717) is 15.8 Å². The molecule has 24 heavy (non-hydrogen) atoms. The number of carbonyl (C=O) groups excluding carboxylic acids is 1. The molecule has 0 aliphatic carbocycles.